The van der Waals surface area contributed by atoms with Gasteiger partial charge in [-0.05, 0) is 23.3 Å². The summed E-state index contributed by atoms with van der Waals surface area (Å²) >= 11 is 0. The molecule has 2 rings (SSSR count). The van der Waals surface area contributed by atoms with Gasteiger partial charge in [-0.3, -0.25) is 10.3 Å². The van der Waals surface area contributed by atoms with Crippen molar-refractivity contribution in [2.24, 2.45) is 0 Å². The first-order valence-corrected chi connectivity index (χ1v) is 6.54. The Labute approximate surface area is 119 Å². The predicted molar refractivity (Wildman–Crippen MR) is 80.6 cm³/mol. The van der Waals surface area contributed by atoms with Gasteiger partial charge in [0.2, 0.25) is 0 Å². The topological polar surface area (TPSA) is 42.5 Å². The first kappa shape index (κ1) is 14.4. The van der Waals surface area contributed by atoms with Crippen molar-refractivity contribution in [1.29, 1.82) is 0 Å². The molecule has 0 aliphatic carbocycles. The van der Waals surface area contributed by atoms with Crippen LogP contribution in [0.25, 0.3) is 0 Å². The molecule has 2 N–H and O–H groups in total. The van der Waals surface area contributed by atoms with Crippen molar-refractivity contribution >= 4 is 5.69 Å². The Kier molecular flexibility index (Phi) is 5.41. The number of hydrogen-bond donors (Lipinski definition) is 2. The summed E-state index contributed by atoms with van der Waals surface area (Å²) in [7, 11) is 3.23. The minimum absolute atomic E-state index is 0.769. The van der Waals surface area contributed by atoms with Crippen LogP contribution in [0.5, 0.6) is 5.75 Å². The van der Waals surface area contributed by atoms with Crippen molar-refractivity contribution in [3.05, 3.63) is 59.7 Å². The van der Waals surface area contributed by atoms with E-state index in [2.05, 4.69) is 22.9 Å². The SMILES string of the molecule is CONc1ccc(CNCc2ccccc2)cc1OC. The van der Waals surface area contributed by atoms with Crippen LogP contribution in [-0.2, 0) is 17.9 Å². The van der Waals surface area contributed by atoms with Crippen molar-refractivity contribution in [2.45, 2.75) is 13.1 Å². The van der Waals surface area contributed by atoms with Gasteiger partial charge in [0, 0.05) is 13.1 Å². The number of anilines is 1. The van der Waals surface area contributed by atoms with E-state index in [-0.39, 0.29) is 0 Å². The lowest BCUT2D eigenvalue weighted by Crippen LogP contribution is -2.12. The van der Waals surface area contributed by atoms with Crippen molar-refractivity contribution in [3.8, 4) is 5.75 Å². The minimum atomic E-state index is 0.769. The van der Waals surface area contributed by atoms with Crippen LogP contribution in [0.1, 0.15) is 11.1 Å². The summed E-state index contributed by atoms with van der Waals surface area (Å²) in [4.78, 5) is 4.90. The highest BCUT2D eigenvalue weighted by molar-refractivity contribution is 5.56. The quantitative estimate of drug-likeness (QED) is 0.760. The van der Waals surface area contributed by atoms with Gasteiger partial charge in [0.25, 0.3) is 0 Å². The number of rotatable bonds is 7. The second-order valence-electron chi connectivity index (χ2n) is 4.43. The summed E-state index contributed by atoms with van der Waals surface area (Å²) in [5.41, 5.74) is 6.05. The average molecular weight is 272 g/mol. The lowest BCUT2D eigenvalue weighted by molar-refractivity contribution is 0.268. The fourth-order valence-corrected chi connectivity index (χ4v) is 1.99. The second kappa shape index (κ2) is 7.53. The Balaban J connectivity index is 1.93. The average Bonchev–Trinajstić information content (AvgIpc) is 2.50. The number of hydrogen-bond acceptors (Lipinski definition) is 4. The van der Waals surface area contributed by atoms with E-state index in [0.29, 0.717) is 0 Å². The molecule has 0 unspecified atom stereocenters. The molecule has 0 saturated carbocycles. The molecule has 0 spiro atoms. The maximum atomic E-state index is 5.33. The first-order valence-electron chi connectivity index (χ1n) is 6.54. The van der Waals surface area contributed by atoms with Crippen LogP contribution in [0.2, 0.25) is 0 Å². The van der Waals surface area contributed by atoms with Gasteiger partial charge in [-0.15, -0.1) is 0 Å². The van der Waals surface area contributed by atoms with E-state index < -0.39 is 0 Å². The lowest BCUT2D eigenvalue weighted by atomic mass is 10.1. The molecule has 4 heteroatoms. The largest absolute Gasteiger partial charge is 0.494 e. The maximum absolute atomic E-state index is 5.33. The third kappa shape index (κ3) is 3.98. The number of methoxy groups -OCH3 is 1. The summed E-state index contributed by atoms with van der Waals surface area (Å²) in [6, 6.07) is 16.3. The Morgan fingerprint density at radius 2 is 1.65 bits per heavy atom. The van der Waals surface area contributed by atoms with Crippen LogP contribution in [0.15, 0.2) is 48.5 Å². The molecule has 0 aromatic heterocycles. The molecule has 2 aromatic rings. The van der Waals surface area contributed by atoms with Crippen molar-refractivity contribution < 1.29 is 9.57 Å². The lowest BCUT2D eigenvalue weighted by Gasteiger charge is -2.11. The van der Waals surface area contributed by atoms with Crippen molar-refractivity contribution in [3.63, 3.8) is 0 Å². The highest BCUT2D eigenvalue weighted by Crippen LogP contribution is 2.25. The molecule has 2 aromatic carbocycles. The molecule has 106 valence electrons. The van der Waals surface area contributed by atoms with E-state index in [1.165, 1.54) is 11.1 Å². The fourth-order valence-electron chi connectivity index (χ4n) is 1.99. The van der Waals surface area contributed by atoms with E-state index in [0.717, 1.165) is 24.5 Å². The molecule has 0 heterocycles. The summed E-state index contributed by atoms with van der Waals surface area (Å²) in [6.45, 7) is 1.64. The van der Waals surface area contributed by atoms with Gasteiger partial charge >= 0.3 is 0 Å². The maximum Gasteiger partial charge on any atom is 0.144 e. The Bertz CT molecular complexity index is 529. The zero-order chi connectivity index (χ0) is 14.2. The van der Waals surface area contributed by atoms with E-state index in [1.54, 1.807) is 14.2 Å². The smallest absolute Gasteiger partial charge is 0.144 e. The third-order valence-electron chi connectivity index (χ3n) is 2.98. The summed E-state index contributed by atoms with van der Waals surface area (Å²) in [5, 5.41) is 3.41. The Morgan fingerprint density at radius 3 is 2.35 bits per heavy atom. The van der Waals surface area contributed by atoms with Gasteiger partial charge in [-0.2, -0.15) is 0 Å². The number of ether oxygens (including phenoxy) is 1. The molecule has 0 fully saturated rings. The highest BCUT2D eigenvalue weighted by Gasteiger charge is 2.04. The second-order valence-corrected chi connectivity index (χ2v) is 4.43. The molecule has 20 heavy (non-hydrogen) atoms. The van der Waals surface area contributed by atoms with Gasteiger partial charge in [0.15, 0.2) is 0 Å². The van der Waals surface area contributed by atoms with Gasteiger partial charge in [0.1, 0.15) is 11.4 Å². The van der Waals surface area contributed by atoms with Crippen LogP contribution in [-0.4, -0.2) is 14.2 Å². The molecule has 4 nitrogen and oxygen atoms in total. The Hall–Kier alpha value is -2.04. The zero-order valence-corrected chi connectivity index (χ0v) is 11.8. The molecule has 0 bridgehead atoms. The normalized spacial score (nSPS) is 10.3. The zero-order valence-electron chi connectivity index (χ0n) is 11.8. The monoisotopic (exact) mass is 272 g/mol. The van der Waals surface area contributed by atoms with E-state index in [9.17, 15) is 0 Å². The molecule has 0 amide bonds. The first-order chi connectivity index (χ1) is 9.83. The molecular formula is C16H20N2O2. The van der Waals surface area contributed by atoms with Crippen molar-refractivity contribution in [2.75, 3.05) is 19.7 Å². The van der Waals surface area contributed by atoms with Crippen LogP contribution >= 0.6 is 0 Å². The molecule has 0 atom stereocenters. The third-order valence-corrected chi connectivity index (χ3v) is 2.98. The summed E-state index contributed by atoms with van der Waals surface area (Å²) in [6.07, 6.45) is 0. The molecule has 0 saturated heterocycles. The standard InChI is InChI=1S/C16H20N2O2/c1-19-16-10-14(8-9-15(16)18-20-2)12-17-11-13-6-4-3-5-7-13/h3-10,17-18H,11-12H2,1-2H3. The van der Waals surface area contributed by atoms with Crippen LogP contribution in [0.4, 0.5) is 5.69 Å². The molecule has 0 aliphatic rings. The highest BCUT2D eigenvalue weighted by atomic mass is 16.6. The fraction of sp³-hybridized carbons (Fsp3) is 0.250. The number of nitrogens with one attached hydrogen (secondary N) is 2. The van der Waals surface area contributed by atoms with E-state index >= 15 is 0 Å². The molecular weight excluding hydrogens is 252 g/mol. The van der Waals surface area contributed by atoms with Crippen LogP contribution in [0.3, 0.4) is 0 Å². The van der Waals surface area contributed by atoms with Gasteiger partial charge in [-0.1, -0.05) is 36.4 Å². The summed E-state index contributed by atoms with van der Waals surface area (Å²) in [5.74, 6) is 0.769. The van der Waals surface area contributed by atoms with Crippen LogP contribution in [0, 0.1) is 0 Å². The van der Waals surface area contributed by atoms with Gasteiger partial charge < -0.3 is 10.1 Å². The predicted octanol–water partition coefficient (Wildman–Crippen LogP) is 2.96. The number of benzene rings is 2. The molecule has 0 aliphatic heterocycles. The van der Waals surface area contributed by atoms with E-state index in [1.807, 2.05) is 36.4 Å². The van der Waals surface area contributed by atoms with Gasteiger partial charge in [-0.25, -0.2) is 0 Å². The van der Waals surface area contributed by atoms with E-state index in [4.69, 9.17) is 9.57 Å². The minimum Gasteiger partial charge on any atom is -0.494 e. The summed E-state index contributed by atoms with van der Waals surface area (Å²) < 4.78 is 5.33. The Morgan fingerprint density at radius 1 is 0.900 bits per heavy atom. The molecule has 0 radical (unpaired) electrons. The van der Waals surface area contributed by atoms with Crippen LogP contribution < -0.4 is 15.5 Å². The van der Waals surface area contributed by atoms with Gasteiger partial charge in [0.05, 0.1) is 14.2 Å². The van der Waals surface area contributed by atoms with Crippen molar-refractivity contribution in [1.82, 2.24) is 5.32 Å².